The second-order valence-electron chi connectivity index (χ2n) is 7.13. The fourth-order valence-electron chi connectivity index (χ4n) is 3.26. The van der Waals surface area contributed by atoms with Crippen LogP contribution in [0.2, 0.25) is 0 Å². The zero-order chi connectivity index (χ0) is 20.7. The Hall–Kier alpha value is -2.77. The van der Waals surface area contributed by atoms with Crippen LogP contribution < -0.4 is 15.5 Å². The number of carbonyl (C=O) groups is 1. The number of rotatable bonds is 6. The van der Waals surface area contributed by atoms with Crippen molar-refractivity contribution in [3.63, 3.8) is 0 Å². The number of carbonyl (C=O) groups excluding carboxylic acids is 1. The second kappa shape index (κ2) is 9.62. The van der Waals surface area contributed by atoms with Crippen molar-refractivity contribution in [3.05, 3.63) is 53.7 Å². The molecule has 2 heterocycles. The molecule has 2 N–H and O–H groups in total. The lowest BCUT2D eigenvalue weighted by Crippen LogP contribution is -2.29. The summed E-state index contributed by atoms with van der Waals surface area (Å²) in [4.78, 5) is 18.8. The van der Waals surface area contributed by atoms with E-state index in [1.54, 1.807) is 6.20 Å². The Morgan fingerprint density at radius 1 is 1.07 bits per heavy atom. The van der Waals surface area contributed by atoms with Crippen molar-refractivity contribution < 1.29 is 18.0 Å². The minimum atomic E-state index is -4.41. The third-order valence-electron chi connectivity index (χ3n) is 4.87. The van der Waals surface area contributed by atoms with Gasteiger partial charge in [0.1, 0.15) is 5.82 Å². The van der Waals surface area contributed by atoms with Gasteiger partial charge < -0.3 is 15.5 Å². The van der Waals surface area contributed by atoms with Gasteiger partial charge in [-0.25, -0.2) is 4.98 Å². The summed E-state index contributed by atoms with van der Waals surface area (Å²) in [6, 6.07) is 8.68. The fraction of sp³-hybridized carbons (Fsp3) is 0.429. The van der Waals surface area contributed by atoms with Crippen molar-refractivity contribution >= 4 is 17.4 Å². The Morgan fingerprint density at radius 2 is 1.83 bits per heavy atom. The molecule has 1 saturated heterocycles. The largest absolute Gasteiger partial charge is 0.416 e. The average Bonchev–Trinajstić information content (AvgIpc) is 3.00. The van der Waals surface area contributed by atoms with E-state index < -0.39 is 11.7 Å². The lowest BCUT2D eigenvalue weighted by molar-refractivity contribution is -0.137. The van der Waals surface area contributed by atoms with Crippen LogP contribution in [0.4, 0.5) is 24.7 Å². The van der Waals surface area contributed by atoms with Crippen molar-refractivity contribution in [1.29, 1.82) is 0 Å². The summed E-state index contributed by atoms with van der Waals surface area (Å²) in [6.45, 7) is 2.24. The number of nitrogens with zero attached hydrogens (tertiary/aromatic N) is 2. The highest BCUT2D eigenvalue weighted by molar-refractivity contribution is 5.80. The molecule has 8 heteroatoms. The molecule has 0 spiro atoms. The van der Waals surface area contributed by atoms with E-state index in [9.17, 15) is 18.0 Å². The van der Waals surface area contributed by atoms with E-state index >= 15 is 0 Å². The minimum absolute atomic E-state index is 0.111. The normalized spacial score (nSPS) is 14.9. The van der Waals surface area contributed by atoms with Crippen molar-refractivity contribution in [1.82, 2.24) is 10.3 Å². The van der Waals surface area contributed by atoms with Crippen LogP contribution in [0.25, 0.3) is 0 Å². The fourth-order valence-corrected chi connectivity index (χ4v) is 3.26. The van der Waals surface area contributed by atoms with E-state index in [1.165, 1.54) is 37.8 Å². The number of halogens is 3. The molecule has 0 radical (unpaired) electrons. The number of hydrogen-bond acceptors (Lipinski definition) is 4. The quantitative estimate of drug-likeness (QED) is 0.755. The van der Waals surface area contributed by atoms with E-state index in [-0.39, 0.29) is 18.1 Å². The highest BCUT2D eigenvalue weighted by atomic mass is 19.4. The lowest BCUT2D eigenvalue weighted by Gasteiger charge is -2.21. The van der Waals surface area contributed by atoms with Crippen molar-refractivity contribution in [3.8, 4) is 0 Å². The molecule has 3 rings (SSSR count). The van der Waals surface area contributed by atoms with Gasteiger partial charge in [0.05, 0.1) is 12.1 Å². The van der Waals surface area contributed by atoms with Gasteiger partial charge in [0.2, 0.25) is 5.91 Å². The van der Waals surface area contributed by atoms with Gasteiger partial charge in [-0.2, -0.15) is 13.2 Å². The maximum Gasteiger partial charge on any atom is 0.416 e. The molecular formula is C21H25F3N4O. The number of alkyl halides is 3. The average molecular weight is 406 g/mol. The van der Waals surface area contributed by atoms with Gasteiger partial charge >= 0.3 is 6.18 Å². The van der Waals surface area contributed by atoms with Crippen LogP contribution in [0.1, 0.15) is 36.8 Å². The molecule has 0 atom stereocenters. The maximum atomic E-state index is 12.7. The van der Waals surface area contributed by atoms with Gasteiger partial charge in [0.15, 0.2) is 0 Å². The van der Waals surface area contributed by atoms with E-state index in [2.05, 4.69) is 20.5 Å². The molecule has 156 valence electrons. The minimum Gasteiger partial charge on any atom is -0.376 e. The number of amides is 1. The van der Waals surface area contributed by atoms with Crippen LogP contribution in [0.15, 0.2) is 42.6 Å². The van der Waals surface area contributed by atoms with Crippen LogP contribution in [0.5, 0.6) is 0 Å². The highest BCUT2D eigenvalue weighted by Crippen LogP contribution is 2.30. The smallest absolute Gasteiger partial charge is 0.376 e. The molecule has 0 aliphatic carbocycles. The predicted octanol–water partition coefficient (Wildman–Crippen LogP) is 4.21. The molecule has 0 bridgehead atoms. The molecule has 0 saturated carbocycles. The molecule has 1 aliphatic rings. The predicted molar refractivity (Wildman–Crippen MR) is 107 cm³/mol. The molecule has 1 aromatic heterocycles. The monoisotopic (exact) mass is 406 g/mol. The third kappa shape index (κ3) is 6.37. The first-order valence-corrected chi connectivity index (χ1v) is 9.79. The molecule has 1 aromatic carbocycles. The summed E-state index contributed by atoms with van der Waals surface area (Å²) >= 11 is 0. The summed E-state index contributed by atoms with van der Waals surface area (Å²) in [7, 11) is 0. The summed E-state index contributed by atoms with van der Waals surface area (Å²) in [6.07, 6.45) is 2.22. The lowest BCUT2D eigenvalue weighted by atomic mass is 10.2. The van der Waals surface area contributed by atoms with Gasteiger partial charge in [-0.15, -0.1) is 0 Å². The molecule has 5 nitrogen and oxygen atoms in total. The maximum absolute atomic E-state index is 12.7. The topological polar surface area (TPSA) is 57.3 Å². The van der Waals surface area contributed by atoms with E-state index in [0.717, 1.165) is 36.6 Å². The Balaban J connectivity index is 1.46. The zero-order valence-electron chi connectivity index (χ0n) is 16.1. The molecule has 0 unspecified atom stereocenters. The van der Waals surface area contributed by atoms with Crippen molar-refractivity contribution in [2.45, 2.75) is 38.4 Å². The van der Waals surface area contributed by atoms with Gasteiger partial charge in [0, 0.05) is 31.5 Å². The summed E-state index contributed by atoms with van der Waals surface area (Å²) < 4.78 is 38.2. The highest BCUT2D eigenvalue weighted by Gasteiger charge is 2.30. The molecule has 1 fully saturated rings. The van der Waals surface area contributed by atoms with Crippen LogP contribution in [0.3, 0.4) is 0 Å². The number of nitrogens with one attached hydrogen (secondary N) is 2. The van der Waals surface area contributed by atoms with Crippen molar-refractivity contribution in [2.75, 3.05) is 29.9 Å². The number of benzene rings is 1. The Labute approximate surface area is 168 Å². The summed E-state index contributed by atoms with van der Waals surface area (Å²) in [5.41, 5.74) is 0.368. The number of hydrogen-bond donors (Lipinski definition) is 2. The first-order chi connectivity index (χ1) is 13.9. The summed E-state index contributed by atoms with van der Waals surface area (Å²) in [5.74, 6) is 0.646. The summed E-state index contributed by atoms with van der Waals surface area (Å²) in [5, 5.41) is 5.46. The number of anilines is 2. The molecule has 2 aromatic rings. The SMILES string of the molecule is O=C(CNc1cccc(C(F)(F)F)c1)NCc1ccc(N2CCCCCC2)nc1. The van der Waals surface area contributed by atoms with E-state index in [4.69, 9.17) is 0 Å². The van der Waals surface area contributed by atoms with E-state index in [1.807, 2.05) is 12.1 Å². The van der Waals surface area contributed by atoms with Crippen LogP contribution in [-0.4, -0.2) is 30.5 Å². The molecule has 29 heavy (non-hydrogen) atoms. The first-order valence-electron chi connectivity index (χ1n) is 9.79. The molecule has 1 amide bonds. The van der Waals surface area contributed by atoms with Gasteiger partial charge in [-0.3, -0.25) is 4.79 Å². The zero-order valence-corrected chi connectivity index (χ0v) is 16.1. The van der Waals surface area contributed by atoms with Crippen LogP contribution in [-0.2, 0) is 17.5 Å². The molecule has 1 aliphatic heterocycles. The molecular weight excluding hydrogens is 381 g/mol. The van der Waals surface area contributed by atoms with E-state index in [0.29, 0.717) is 6.54 Å². The van der Waals surface area contributed by atoms with Gasteiger partial charge in [-0.1, -0.05) is 25.0 Å². The standard InChI is InChI=1S/C21H25F3N4O/c22-21(23,24)17-6-5-7-18(12-17)25-15-20(29)27-14-16-8-9-19(26-13-16)28-10-3-1-2-4-11-28/h5-9,12-13,25H,1-4,10-11,14-15H2,(H,27,29). The number of aromatic nitrogens is 1. The second-order valence-corrected chi connectivity index (χ2v) is 7.13. The third-order valence-corrected chi connectivity index (χ3v) is 4.87. The van der Waals surface area contributed by atoms with Gasteiger partial charge in [0.25, 0.3) is 0 Å². The van der Waals surface area contributed by atoms with Gasteiger partial charge in [-0.05, 0) is 42.7 Å². The van der Waals surface area contributed by atoms with Crippen molar-refractivity contribution in [2.24, 2.45) is 0 Å². The first kappa shape index (κ1) is 21.0. The Bertz CT molecular complexity index is 800. The number of pyridine rings is 1. The van der Waals surface area contributed by atoms with Crippen LogP contribution in [0, 0.1) is 0 Å². The van der Waals surface area contributed by atoms with Crippen LogP contribution >= 0.6 is 0 Å². The Kier molecular flexibility index (Phi) is 6.95. The Morgan fingerprint density at radius 3 is 2.48 bits per heavy atom.